The smallest absolute Gasteiger partial charge is 0.309 e. The third kappa shape index (κ3) is 4.39. The molecule has 1 amide bonds. The monoisotopic (exact) mass is 330 g/mol. The van der Waals surface area contributed by atoms with Crippen LogP contribution in [0.15, 0.2) is 40.8 Å². The summed E-state index contributed by atoms with van der Waals surface area (Å²) in [6.45, 7) is 2.42. The first-order valence-electron chi connectivity index (χ1n) is 7.55. The summed E-state index contributed by atoms with van der Waals surface area (Å²) >= 11 is 1.39. The van der Waals surface area contributed by atoms with Crippen molar-refractivity contribution in [2.24, 2.45) is 10.9 Å². The molecule has 0 N–H and O–H groups in total. The Kier molecular flexibility index (Phi) is 4.71. The van der Waals surface area contributed by atoms with Crippen molar-refractivity contribution >= 4 is 23.2 Å². The molecule has 2 aromatic rings. The zero-order valence-electron chi connectivity index (χ0n) is 12.9. The quantitative estimate of drug-likeness (QED) is 0.790. The van der Waals surface area contributed by atoms with Crippen molar-refractivity contribution in [1.82, 2.24) is 4.57 Å². The van der Waals surface area contributed by atoms with Crippen molar-refractivity contribution in [3.8, 4) is 0 Å². The minimum absolute atomic E-state index is 0.00369. The normalized spacial score (nSPS) is 14.7. The molecule has 23 heavy (non-hydrogen) atoms. The Bertz CT molecular complexity index is 770. The molecule has 1 aromatic carbocycles. The molecule has 1 aliphatic carbocycles. The van der Waals surface area contributed by atoms with Crippen molar-refractivity contribution in [3.05, 3.63) is 51.8 Å². The number of aryl methyl sites for hydroxylation is 1. The Morgan fingerprint density at radius 3 is 2.74 bits per heavy atom. The molecule has 0 atom stereocenters. The van der Waals surface area contributed by atoms with Gasteiger partial charge in [-0.25, -0.2) is 0 Å². The van der Waals surface area contributed by atoms with Crippen LogP contribution in [0.1, 0.15) is 24.0 Å². The molecule has 1 aromatic heterocycles. The van der Waals surface area contributed by atoms with Gasteiger partial charge in [0.2, 0.25) is 0 Å². The van der Waals surface area contributed by atoms with E-state index in [-0.39, 0.29) is 18.5 Å². The summed E-state index contributed by atoms with van der Waals surface area (Å²) in [6, 6.07) is 8.23. The summed E-state index contributed by atoms with van der Waals surface area (Å²) in [5.41, 5.74) is 2.35. The van der Waals surface area contributed by atoms with Crippen LogP contribution < -0.4 is 4.80 Å². The van der Waals surface area contributed by atoms with Gasteiger partial charge in [-0.05, 0) is 25.3 Å². The number of carbonyl (C=O) groups excluding carboxylic acids is 2. The zero-order valence-corrected chi connectivity index (χ0v) is 13.7. The van der Waals surface area contributed by atoms with Gasteiger partial charge in [0.25, 0.3) is 5.91 Å². The van der Waals surface area contributed by atoms with Crippen LogP contribution in [0.3, 0.4) is 0 Å². The topological polar surface area (TPSA) is 60.7 Å². The van der Waals surface area contributed by atoms with Gasteiger partial charge in [0.05, 0.1) is 5.92 Å². The second-order valence-corrected chi connectivity index (χ2v) is 6.56. The van der Waals surface area contributed by atoms with Crippen molar-refractivity contribution in [1.29, 1.82) is 0 Å². The number of benzene rings is 1. The summed E-state index contributed by atoms with van der Waals surface area (Å²) < 4.78 is 6.87. The molecule has 0 radical (unpaired) electrons. The molecule has 3 rings (SSSR count). The lowest BCUT2D eigenvalue weighted by Gasteiger charge is -2.04. The number of rotatable bonds is 5. The van der Waals surface area contributed by atoms with E-state index in [2.05, 4.69) is 29.3 Å². The van der Waals surface area contributed by atoms with Gasteiger partial charge in [-0.15, -0.1) is 11.3 Å². The number of ether oxygens (including phenoxy) is 1. The first-order valence-corrected chi connectivity index (χ1v) is 8.43. The third-order valence-corrected chi connectivity index (χ3v) is 4.40. The largest absolute Gasteiger partial charge is 0.455 e. The number of thiazole rings is 1. The number of carbonyl (C=O) groups is 2. The van der Waals surface area contributed by atoms with Crippen molar-refractivity contribution in [2.45, 2.75) is 26.3 Å². The van der Waals surface area contributed by atoms with Crippen molar-refractivity contribution < 1.29 is 14.3 Å². The lowest BCUT2D eigenvalue weighted by Crippen LogP contribution is -2.20. The van der Waals surface area contributed by atoms with E-state index in [1.807, 2.05) is 23.1 Å². The Morgan fingerprint density at radius 2 is 2.04 bits per heavy atom. The van der Waals surface area contributed by atoms with Crippen LogP contribution in [-0.4, -0.2) is 23.1 Å². The van der Waals surface area contributed by atoms with E-state index in [4.69, 9.17) is 4.74 Å². The molecule has 0 bridgehead atoms. The Hall–Kier alpha value is -2.21. The van der Waals surface area contributed by atoms with Crippen LogP contribution in [0, 0.1) is 12.8 Å². The number of hydrogen-bond donors (Lipinski definition) is 0. The number of esters is 1. The highest BCUT2D eigenvalue weighted by molar-refractivity contribution is 7.07. The van der Waals surface area contributed by atoms with Crippen LogP contribution in [-0.2, 0) is 20.9 Å². The fourth-order valence-corrected chi connectivity index (χ4v) is 2.85. The molecular weight excluding hydrogens is 312 g/mol. The van der Waals surface area contributed by atoms with E-state index in [1.54, 1.807) is 0 Å². The SMILES string of the molecule is Cc1ccc(Cn2ccsc2=NC(=O)COC(=O)C2CC2)cc1. The van der Waals surface area contributed by atoms with Gasteiger partial charge < -0.3 is 9.30 Å². The Morgan fingerprint density at radius 1 is 1.30 bits per heavy atom. The molecular formula is C17H18N2O3S. The van der Waals surface area contributed by atoms with Gasteiger partial charge >= 0.3 is 5.97 Å². The van der Waals surface area contributed by atoms with Gasteiger partial charge in [-0.1, -0.05) is 29.8 Å². The van der Waals surface area contributed by atoms with Crippen LogP contribution in [0.25, 0.3) is 0 Å². The van der Waals surface area contributed by atoms with E-state index in [0.29, 0.717) is 11.3 Å². The molecule has 5 nitrogen and oxygen atoms in total. The predicted molar refractivity (Wildman–Crippen MR) is 86.8 cm³/mol. The summed E-state index contributed by atoms with van der Waals surface area (Å²) in [7, 11) is 0. The van der Waals surface area contributed by atoms with Gasteiger partial charge in [0, 0.05) is 18.1 Å². The molecule has 1 heterocycles. The average Bonchev–Trinajstić information content (AvgIpc) is 3.31. The second-order valence-electron chi connectivity index (χ2n) is 5.69. The fourth-order valence-electron chi connectivity index (χ4n) is 2.11. The molecule has 0 saturated heterocycles. The summed E-state index contributed by atoms with van der Waals surface area (Å²) in [4.78, 5) is 27.9. The number of amides is 1. The fraction of sp³-hybridized carbons (Fsp3) is 0.353. The number of aromatic nitrogens is 1. The molecule has 0 aliphatic heterocycles. The molecule has 0 spiro atoms. The minimum Gasteiger partial charge on any atom is -0.455 e. The predicted octanol–water partition coefficient (Wildman–Crippen LogP) is 2.29. The van der Waals surface area contributed by atoms with Crippen LogP contribution in [0.5, 0.6) is 0 Å². The summed E-state index contributed by atoms with van der Waals surface area (Å²) in [5.74, 6) is -0.720. The Balaban J connectivity index is 1.65. The standard InChI is InChI=1S/C17H18N2O3S/c1-12-2-4-13(5-3-12)10-19-8-9-23-17(19)18-15(20)11-22-16(21)14-6-7-14/h2-5,8-9,14H,6-7,10-11H2,1H3. The van der Waals surface area contributed by atoms with Gasteiger partial charge in [-0.2, -0.15) is 4.99 Å². The van der Waals surface area contributed by atoms with E-state index in [1.165, 1.54) is 16.9 Å². The minimum atomic E-state index is -0.431. The summed E-state index contributed by atoms with van der Waals surface area (Å²) in [5, 5.41) is 1.89. The zero-order chi connectivity index (χ0) is 16.2. The van der Waals surface area contributed by atoms with Gasteiger partial charge in [0.1, 0.15) is 0 Å². The van der Waals surface area contributed by atoms with E-state index < -0.39 is 5.91 Å². The van der Waals surface area contributed by atoms with E-state index in [9.17, 15) is 9.59 Å². The maximum absolute atomic E-state index is 11.9. The first-order chi connectivity index (χ1) is 11.1. The second kappa shape index (κ2) is 6.91. The molecule has 0 unspecified atom stereocenters. The van der Waals surface area contributed by atoms with Crippen molar-refractivity contribution in [3.63, 3.8) is 0 Å². The van der Waals surface area contributed by atoms with Crippen molar-refractivity contribution in [2.75, 3.05) is 6.61 Å². The van der Waals surface area contributed by atoms with Gasteiger partial charge in [0.15, 0.2) is 11.4 Å². The van der Waals surface area contributed by atoms with Gasteiger partial charge in [-0.3, -0.25) is 9.59 Å². The lowest BCUT2D eigenvalue weighted by atomic mass is 10.1. The molecule has 1 aliphatic rings. The Labute approximate surface area is 138 Å². The highest BCUT2D eigenvalue weighted by Crippen LogP contribution is 2.29. The van der Waals surface area contributed by atoms with E-state index >= 15 is 0 Å². The lowest BCUT2D eigenvalue weighted by molar-refractivity contribution is -0.149. The maximum atomic E-state index is 11.9. The molecule has 1 saturated carbocycles. The summed E-state index contributed by atoms with van der Waals surface area (Å²) in [6.07, 6.45) is 3.63. The maximum Gasteiger partial charge on any atom is 0.309 e. The van der Waals surface area contributed by atoms with Crippen LogP contribution in [0.2, 0.25) is 0 Å². The number of nitrogens with zero attached hydrogens (tertiary/aromatic N) is 2. The molecule has 120 valence electrons. The number of hydrogen-bond acceptors (Lipinski definition) is 4. The first kappa shape index (κ1) is 15.7. The average molecular weight is 330 g/mol. The van der Waals surface area contributed by atoms with Crippen LogP contribution in [0.4, 0.5) is 0 Å². The third-order valence-electron chi connectivity index (χ3n) is 3.60. The molecule has 6 heteroatoms. The molecule has 1 fully saturated rings. The van der Waals surface area contributed by atoms with E-state index in [0.717, 1.165) is 18.4 Å². The highest BCUT2D eigenvalue weighted by Gasteiger charge is 2.31. The van der Waals surface area contributed by atoms with Crippen LogP contribution >= 0.6 is 11.3 Å². The highest BCUT2D eigenvalue weighted by atomic mass is 32.1.